The van der Waals surface area contributed by atoms with E-state index in [0.717, 1.165) is 30.8 Å². The van der Waals surface area contributed by atoms with E-state index in [-0.39, 0.29) is 0 Å². The molecular weight excluding hydrogens is 176 g/mol. The third-order valence-electron chi connectivity index (χ3n) is 1.78. The lowest BCUT2D eigenvalue weighted by Crippen LogP contribution is -2.09. The van der Waals surface area contributed by atoms with Gasteiger partial charge in [-0.05, 0) is 31.4 Å². The first-order chi connectivity index (χ1) is 6.74. The van der Waals surface area contributed by atoms with Crippen LogP contribution in [0.3, 0.4) is 0 Å². The largest absolute Gasteiger partial charge is 0.490 e. The molecule has 1 aliphatic rings. The van der Waals surface area contributed by atoms with Crippen LogP contribution in [0.25, 0.3) is 0 Å². The Hall–Kier alpha value is -1.38. The number of hydrogen-bond acceptors (Lipinski definition) is 2. The zero-order valence-electron chi connectivity index (χ0n) is 8.79. The van der Waals surface area contributed by atoms with Crippen LogP contribution in [0, 0.1) is 0 Å². The van der Waals surface area contributed by atoms with Gasteiger partial charge in [0.1, 0.15) is 0 Å². The van der Waals surface area contributed by atoms with E-state index in [1.54, 1.807) is 13.3 Å². The van der Waals surface area contributed by atoms with Crippen molar-refractivity contribution in [3.8, 4) is 0 Å². The summed E-state index contributed by atoms with van der Waals surface area (Å²) in [7, 11) is 1.71. The highest BCUT2D eigenvalue weighted by molar-refractivity contribution is 6.03. The maximum absolute atomic E-state index is 5.45. The minimum absolute atomic E-state index is 0.646. The molecule has 0 bridgehead atoms. The van der Waals surface area contributed by atoms with Crippen LogP contribution in [-0.4, -0.2) is 25.7 Å². The molecule has 1 aliphatic heterocycles. The van der Waals surface area contributed by atoms with E-state index in [1.165, 1.54) is 0 Å². The zero-order valence-corrected chi connectivity index (χ0v) is 8.79. The highest BCUT2D eigenvalue weighted by Gasteiger charge is 2.09. The Labute approximate surface area is 84.9 Å². The molecule has 0 unspecified atom stereocenters. The summed E-state index contributed by atoms with van der Waals surface area (Å²) < 4.78 is 5.45. The van der Waals surface area contributed by atoms with Crippen LogP contribution in [0.2, 0.25) is 0 Å². The molecule has 0 amide bonds. The Morgan fingerprint density at radius 2 is 2.43 bits per heavy atom. The van der Waals surface area contributed by atoms with Gasteiger partial charge in [-0.1, -0.05) is 6.58 Å². The van der Waals surface area contributed by atoms with Crippen LogP contribution in [0.1, 0.15) is 19.8 Å². The third kappa shape index (κ3) is 3.17. The monoisotopic (exact) mass is 192 g/mol. The molecule has 3 nitrogen and oxygen atoms in total. The van der Waals surface area contributed by atoms with Gasteiger partial charge in [0.15, 0.2) is 11.6 Å². The summed E-state index contributed by atoms with van der Waals surface area (Å²) in [5.74, 6) is 1.43. The van der Waals surface area contributed by atoms with Crippen LogP contribution in [0.15, 0.2) is 34.0 Å². The van der Waals surface area contributed by atoms with Gasteiger partial charge in [-0.2, -0.15) is 0 Å². The molecule has 76 valence electrons. The van der Waals surface area contributed by atoms with Gasteiger partial charge in [-0.3, -0.25) is 4.99 Å². The molecule has 0 fully saturated rings. The van der Waals surface area contributed by atoms with Gasteiger partial charge in [0.25, 0.3) is 0 Å². The predicted octanol–water partition coefficient (Wildman–Crippen LogP) is 2.36. The zero-order chi connectivity index (χ0) is 10.4. The van der Waals surface area contributed by atoms with Gasteiger partial charge in [0, 0.05) is 13.3 Å². The van der Waals surface area contributed by atoms with Crippen LogP contribution in [-0.2, 0) is 4.74 Å². The van der Waals surface area contributed by atoms with E-state index in [1.807, 2.05) is 13.0 Å². The summed E-state index contributed by atoms with van der Waals surface area (Å²) in [6.07, 6.45) is 5.84. The molecule has 0 aromatic carbocycles. The summed E-state index contributed by atoms with van der Waals surface area (Å²) in [5.41, 5.74) is 0.905. The van der Waals surface area contributed by atoms with E-state index in [2.05, 4.69) is 16.6 Å². The maximum Gasteiger partial charge on any atom is 0.189 e. The molecule has 3 heteroatoms. The lowest BCUT2D eigenvalue weighted by Gasteiger charge is -2.13. The van der Waals surface area contributed by atoms with Crippen molar-refractivity contribution < 1.29 is 4.74 Å². The summed E-state index contributed by atoms with van der Waals surface area (Å²) in [6, 6.07) is 0. The molecule has 0 radical (unpaired) electrons. The van der Waals surface area contributed by atoms with Crippen LogP contribution >= 0.6 is 0 Å². The van der Waals surface area contributed by atoms with E-state index in [4.69, 9.17) is 4.74 Å². The van der Waals surface area contributed by atoms with Crippen LogP contribution in [0.5, 0.6) is 0 Å². The van der Waals surface area contributed by atoms with Gasteiger partial charge >= 0.3 is 0 Å². The first-order valence-electron chi connectivity index (χ1n) is 4.73. The Kier molecular flexibility index (Phi) is 4.11. The van der Waals surface area contributed by atoms with Crippen LogP contribution < -0.4 is 0 Å². The first kappa shape index (κ1) is 10.7. The van der Waals surface area contributed by atoms with Crippen molar-refractivity contribution in [2.75, 3.05) is 13.7 Å². The van der Waals surface area contributed by atoms with Gasteiger partial charge in [0.05, 0.1) is 6.61 Å². The second kappa shape index (κ2) is 5.37. The Bertz CT molecular complexity index is 300. The fourth-order valence-corrected chi connectivity index (χ4v) is 1.12. The number of allylic oxidation sites excluding steroid dienone is 2. The number of hydrogen-bond donors (Lipinski definition) is 0. The van der Waals surface area contributed by atoms with Gasteiger partial charge in [-0.25, -0.2) is 4.99 Å². The molecule has 14 heavy (non-hydrogen) atoms. The fraction of sp³-hybridized carbons (Fsp3) is 0.455. The Morgan fingerprint density at radius 3 is 2.93 bits per heavy atom. The van der Waals surface area contributed by atoms with Gasteiger partial charge < -0.3 is 4.74 Å². The highest BCUT2D eigenvalue weighted by atomic mass is 16.5. The molecular formula is C11H16N2O. The highest BCUT2D eigenvalue weighted by Crippen LogP contribution is 2.12. The second-order valence-electron chi connectivity index (χ2n) is 3.21. The van der Waals surface area contributed by atoms with Crippen molar-refractivity contribution in [3.63, 3.8) is 0 Å². The van der Waals surface area contributed by atoms with E-state index in [0.29, 0.717) is 5.84 Å². The van der Waals surface area contributed by atoms with Gasteiger partial charge in [0.2, 0.25) is 0 Å². The average molecular weight is 192 g/mol. The quantitative estimate of drug-likeness (QED) is 0.488. The molecule has 0 aromatic heterocycles. The van der Waals surface area contributed by atoms with Crippen molar-refractivity contribution >= 4 is 12.1 Å². The summed E-state index contributed by atoms with van der Waals surface area (Å²) in [6.45, 7) is 6.40. The lowest BCUT2D eigenvalue weighted by atomic mass is 10.2. The smallest absolute Gasteiger partial charge is 0.189 e. The maximum atomic E-state index is 5.45. The topological polar surface area (TPSA) is 34.0 Å². The minimum Gasteiger partial charge on any atom is -0.490 e. The number of nitrogens with zero attached hydrogens (tertiary/aromatic N) is 2. The molecule has 0 aliphatic carbocycles. The summed E-state index contributed by atoms with van der Waals surface area (Å²) >= 11 is 0. The molecule has 1 rings (SSSR count). The van der Waals surface area contributed by atoms with Crippen molar-refractivity contribution in [1.82, 2.24) is 0 Å². The van der Waals surface area contributed by atoms with Gasteiger partial charge in [-0.15, -0.1) is 0 Å². The SMILES string of the molecule is C=C(C)C=NC(=NC)C1=CCCCO1. The van der Waals surface area contributed by atoms with Crippen molar-refractivity contribution in [1.29, 1.82) is 0 Å². The molecule has 0 atom stereocenters. The second-order valence-corrected chi connectivity index (χ2v) is 3.21. The van der Waals surface area contributed by atoms with E-state index in [9.17, 15) is 0 Å². The van der Waals surface area contributed by atoms with E-state index >= 15 is 0 Å². The summed E-state index contributed by atoms with van der Waals surface area (Å²) in [4.78, 5) is 8.27. The molecule has 0 saturated heterocycles. The molecule has 0 saturated carbocycles. The number of ether oxygens (including phenoxy) is 1. The Balaban J connectivity index is 2.72. The predicted molar refractivity (Wildman–Crippen MR) is 59.9 cm³/mol. The minimum atomic E-state index is 0.646. The first-order valence-corrected chi connectivity index (χ1v) is 4.73. The van der Waals surface area contributed by atoms with Crippen molar-refractivity contribution in [2.45, 2.75) is 19.8 Å². The number of aliphatic imine (C=N–C) groups is 2. The van der Waals surface area contributed by atoms with Crippen molar-refractivity contribution in [3.05, 3.63) is 24.0 Å². The van der Waals surface area contributed by atoms with Crippen LogP contribution in [0.4, 0.5) is 0 Å². The third-order valence-corrected chi connectivity index (χ3v) is 1.78. The average Bonchev–Trinajstić information content (AvgIpc) is 2.20. The van der Waals surface area contributed by atoms with E-state index < -0.39 is 0 Å². The Morgan fingerprint density at radius 1 is 1.64 bits per heavy atom. The standard InChI is InChI=1S/C11H16N2O/c1-9(2)8-13-11(12-3)10-6-4-5-7-14-10/h6,8H,1,4-5,7H2,2-3H3. The normalized spacial score (nSPS) is 17.9. The molecule has 1 heterocycles. The fourth-order valence-electron chi connectivity index (χ4n) is 1.12. The number of amidine groups is 1. The number of rotatable bonds is 2. The molecule has 0 aromatic rings. The molecule has 0 N–H and O–H groups in total. The van der Waals surface area contributed by atoms with Crippen molar-refractivity contribution in [2.24, 2.45) is 9.98 Å². The summed E-state index contributed by atoms with van der Waals surface area (Å²) in [5, 5.41) is 0. The molecule has 0 spiro atoms. The lowest BCUT2D eigenvalue weighted by molar-refractivity contribution is 0.212.